The summed E-state index contributed by atoms with van der Waals surface area (Å²) in [6.07, 6.45) is 3.04. The molecule has 1 amide bonds. The Morgan fingerprint density at radius 1 is 1.43 bits per heavy atom. The Bertz CT molecular complexity index is 520. The standard InChI is InChI=1S/C14H22N4O2S/c1-18(2)14(19)12-11(16)10(9-15)13(21-12)17-7-5-4-6-8-20-3/h17H,4-8,16H2,1-3H3. The molecule has 1 aromatic heterocycles. The Balaban J connectivity index is 2.68. The summed E-state index contributed by atoms with van der Waals surface area (Å²) in [6.45, 7) is 1.50. The Labute approximate surface area is 129 Å². The van der Waals surface area contributed by atoms with Crippen molar-refractivity contribution in [3.63, 3.8) is 0 Å². The van der Waals surface area contributed by atoms with Gasteiger partial charge in [0.2, 0.25) is 0 Å². The molecule has 1 heterocycles. The van der Waals surface area contributed by atoms with Crippen molar-refractivity contribution < 1.29 is 9.53 Å². The largest absolute Gasteiger partial charge is 0.396 e. The molecule has 0 radical (unpaired) electrons. The van der Waals surface area contributed by atoms with Crippen LogP contribution < -0.4 is 11.1 Å². The van der Waals surface area contributed by atoms with Crippen molar-refractivity contribution in [1.82, 2.24) is 4.90 Å². The summed E-state index contributed by atoms with van der Waals surface area (Å²) in [5.74, 6) is -0.179. The number of ether oxygens (including phenoxy) is 1. The second-order valence-electron chi connectivity index (χ2n) is 4.84. The molecule has 0 spiro atoms. The topological polar surface area (TPSA) is 91.4 Å². The van der Waals surface area contributed by atoms with E-state index in [4.69, 9.17) is 10.5 Å². The average molecular weight is 310 g/mol. The van der Waals surface area contributed by atoms with Gasteiger partial charge in [-0.25, -0.2) is 0 Å². The van der Waals surface area contributed by atoms with Crippen LogP contribution in [0.3, 0.4) is 0 Å². The molecule has 0 aliphatic rings. The molecule has 0 aliphatic heterocycles. The van der Waals surface area contributed by atoms with E-state index in [-0.39, 0.29) is 11.6 Å². The molecule has 1 rings (SSSR count). The third-order valence-corrected chi connectivity index (χ3v) is 4.12. The quantitative estimate of drug-likeness (QED) is 0.718. The highest BCUT2D eigenvalue weighted by molar-refractivity contribution is 7.18. The van der Waals surface area contributed by atoms with Gasteiger partial charge in [0, 0.05) is 34.4 Å². The number of nitrogens with one attached hydrogen (secondary N) is 1. The van der Waals surface area contributed by atoms with Crippen LogP contribution in [0.15, 0.2) is 0 Å². The van der Waals surface area contributed by atoms with Crippen molar-refractivity contribution in [3.8, 4) is 6.07 Å². The number of amides is 1. The first-order valence-corrected chi connectivity index (χ1v) is 7.61. The van der Waals surface area contributed by atoms with Gasteiger partial charge >= 0.3 is 0 Å². The van der Waals surface area contributed by atoms with Crippen LogP contribution in [0.25, 0.3) is 0 Å². The molecule has 0 atom stereocenters. The van der Waals surface area contributed by atoms with Gasteiger partial charge < -0.3 is 20.7 Å². The van der Waals surface area contributed by atoms with Crippen molar-refractivity contribution in [1.29, 1.82) is 5.26 Å². The van der Waals surface area contributed by atoms with E-state index >= 15 is 0 Å². The van der Waals surface area contributed by atoms with Crippen molar-refractivity contribution in [2.45, 2.75) is 19.3 Å². The highest BCUT2D eigenvalue weighted by Gasteiger charge is 2.21. The molecule has 0 saturated carbocycles. The fourth-order valence-corrected chi connectivity index (χ4v) is 2.91. The molecule has 21 heavy (non-hydrogen) atoms. The van der Waals surface area contributed by atoms with Gasteiger partial charge in [-0.1, -0.05) is 0 Å². The monoisotopic (exact) mass is 310 g/mol. The van der Waals surface area contributed by atoms with Gasteiger partial charge in [0.05, 0.1) is 5.69 Å². The van der Waals surface area contributed by atoms with Crippen LogP contribution in [0.5, 0.6) is 0 Å². The van der Waals surface area contributed by atoms with Crippen molar-refractivity contribution >= 4 is 27.9 Å². The highest BCUT2D eigenvalue weighted by atomic mass is 32.1. The van der Waals surface area contributed by atoms with Gasteiger partial charge in [0.15, 0.2) is 0 Å². The first-order valence-electron chi connectivity index (χ1n) is 6.79. The summed E-state index contributed by atoms with van der Waals surface area (Å²) in [6, 6.07) is 2.07. The number of nitriles is 1. The van der Waals surface area contributed by atoms with Crippen molar-refractivity contribution in [3.05, 3.63) is 10.4 Å². The van der Waals surface area contributed by atoms with E-state index in [0.717, 1.165) is 32.4 Å². The first-order chi connectivity index (χ1) is 10.0. The predicted octanol–water partition coefficient (Wildman–Crippen LogP) is 2.13. The summed E-state index contributed by atoms with van der Waals surface area (Å²) in [5, 5.41) is 13.1. The molecule has 6 nitrogen and oxygen atoms in total. The molecule has 116 valence electrons. The number of carbonyl (C=O) groups excluding carboxylic acids is 1. The van der Waals surface area contributed by atoms with E-state index in [1.807, 2.05) is 0 Å². The Hall–Kier alpha value is -1.78. The zero-order chi connectivity index (χ0) is 15.8. The van der Waals surface area contributed by atoms with Crippen molar-refractivity contribution in [2.24, 2.45) is 0 Å². The fraction of sp³-hybridized carbons (Fsp3) is 0.571. The second-order valence-corrected chi connectivity index (χ2v) is 5.86. The Kier molecular flexibility index (Phi) is 6.99. The highest BCUT2D eigenvalue weighted by Crippen LogP contribution is 2.35. The van der Waals surface area contributed by atoms with Crippen LogP contribution in [0.1, 0.15) is 34.5 Å². The molecule has 0 fully saturated rings. The number of hydrogen-bond acceptors (Lipinski definition) is 6. The van der Waals surface area contributed by atoms with E-state index in [1.165, 1.54) is 16.2 Å². The van der Waals surface area contributed by atoms with E-state index in [0.29, 0.717) is 15.4 Å². The van der Waals surface area contributed by atoms with Gasteiger partial charge in [0.25, 0.3) is 5.91 Å². The van der Waals surface area contributed by atoms with Crippen LogP contribution in [0.4, 0.5) is 10.7 Å². The van der Waals surface area contributed by atoms with Gasteiger partial charge in [0.1, 0.15) is 21.5 Å². The van der Waals surface area contributed by atoms with Gasteiger partial charge in [-0.05, 0) is 19.3 Å². The van der Waals surface area contributed by atoms with Crippen LogP contribution >= 0.6 is 11.3 Å². The Morgan fingerprint density at radius 3 is 2.71 bits per heavy atom. The zero-order valence-electron chi connectivity index (χ0n) is 12.7. The normalized spacial score (nSPS) is 10.2. The lowest BCUT2D eigenvalue weighted by Crippen LogP contribution is -2.21. The lowest BCUT2D eigenvalue weighted by atomic mass is 10.2. The molecular weight excluding hydrogens is 288 g/mol. The van der Waals surface area contributed by atoms with E-state index < -0.39 is 0 Å². The maximum absolute atomic E-state index is 12.0. The van der Waals surface area contributed by atoms with Crippen molar-refractivity contribution in [2.75, 3.05) is 45.4 Å². The summed E-state index contributed by atoms with van der Waals surface area (Å²) in [5.41, 5.74) is 6.54. The number of rotatable bonds is 8. The number of nitrogens with zero attached hydrogens (tertiary/aromatic N) is 2. The van der Waals surface area contributed by atoms with E-state index in [1.54, 1.807) is 21.2 Å². The number of thiophene rings is 1. The van der Waals surface area contributed by atoms with Crippen LogP contribution in [0, 0.1) is 11.3 Å². The second kappa shape index (κ2) is 8.49. The fourth-order valence-electron chi connectivity index (χ4n) is 1.79. The molecule has 7 heteroatoms. The minimum atomic E-state index is -0.179. The summed E-state index contributed by atoms with van der Waals surface area (Å²) in [4.78, 5) is 13.9. The maximum Gasteiger partial charge on any atom is 0.265 e. The van der Waals surface area contributed by atoms with Crippen LogP contribution in [-0.2, 0) is 4.74 Å². The van der Waals surface area contributed by atoms with E-state index in [2.05, 4.69) is 11.4 Å². The number of nitrogens with two attached hydrogens (primary N) is 1. The summed E-state index contributed by atoms with van der Waals surface area (Å²) >= 11 is 1.24. The predicted molar refractivity (Wildman–Crippen MR) is 85.7 cm³/mol. The maximum atomic E-state index is 12.0. The molecule has 0 saturated heterocycles. The summed E-state index contributed by atoms with van der Waals surface area (Å²) < 4.78 is 4.99. The molecule has 0 unspecified atom stereocenters. The smallest absolute Gasteiger partial charge is 0.265 e. The van der Waals surface area contributed by atoms with Crippen LogP contribution in [-0.4, -0.2) is 45.2 Å². The lowest BCUT2D eigenvalue weighted by Gasteiger charge is -2.08. The van der Waals surface area contributed by atoms with Gasteiger partial charge in [-0.2, -0.15) is 5.26 Å². The van der Waals surface area contributed by atoms with Crippen LogP contribution in [0.2, 0.25) is 0 Å². The average Bonchev–Trinajstić information content (AvgIpc) is 2.77. The number of nitrogen functional groups attached to an aromatic ring is 1. The molecule has 0 bridgehead atoms. The third kappa shape index (κ3) is 4.62. The molecule has 3 N–H and O–H groups in total. The molecule has 1 aromatic rings. The molecule has 0 aliphatic carbocycles. The Morgan fingerprint density at radius 2 is 2.14 bits per heavy atom. The SMILES string of the molecule is COCCCCCNc1sc(C(=O)N(C)C)c(N)c1C#N. The number of methoxy groups -OCH3 is 1. The van der Waals surface area contributed by atoms with Gasteiger partial charge in [-0.3, -0.25) is 4.79 Å². The number of carbonyl (C=O) groups is 1. The number of unbranched alkanes of at least 4 members (excludes halogenated alkanes) is 2. The first kappa shape index (κ1) is 17.3. The lowest BCUT2D eigenvalue weighted by molar-refractivity contribution is 0.0833. The number of hydrogen-bond donors (Lipinski definition) is 2. The summed E-state index contributed by atoms with van der Waals surface area (Å²) in [7, 11) is 5.02. The van der Waals surface area contributed by atoms with E-state index in [9.17, 15) is 10.1 Å². The minimum absolute atomic E-state index is 0.179. The molecular formula is C14H22N4O2S. The minimum Gasteiger partial charge on any atom is -0.396 e. The zero-order valence-corrected chi connectivity index (χ0v) is 13.5. The molecule has 0 aromatic carbocycles. The van der Waals surface area contributed by atoms with Gasteiger partial charge in [-0.15, -0.1) is 11.3 Å². The number of anilines is 2. The third-order valence-electron chi connectivity index (χ3n) is 2.97.